The average Bonchev–Trinajstić information content (AvgIpc) is 2.94. The molecule has 0 bridgehead atoms. The molecule has 1 fully saturated rings. The minimum Gasteiger partial charge on any atom is -0.391 e. The number of rotatable bonds is 1. The molecule has 1 aliphatic carbocycles. The van der Waals surface area contributed by atoms with E-state index in [1.807, 2.05) is 19.9 Å². The maximum Gasteiger partial charge on any atom is 0.323 e. The molecule has 1 aromatic heterocycles. The van der Waals surface area contributed by atoms with Crippen LogP contribution in [-0.4, -0.2) is 44.4 Å². The van der Waals surface area contributed by atoms with E-state index in [9.17, 15) is 9.90 Å². The van der Waals surface area contributed by atoms with Crippen molar-refractivity contribution < 1.29 is 9.90 Å². The van der Waals surface area contributed by atoms with Gasteiger partial charge in [0.1, 0.15) is 0 Å². The minimum absolute atomic E-state index is 0.223. The number of urea groups is 1. The highest BCUT2D eigenvalue weighted by molar-refractivity contribution is 5.89. The van der Waals surface area contributed by atoms with Gasteiger partial charge >= 0.3 is 6.03 Å². The highest BCUT2D eigenvalue weighted by Gasteiger charge is 2.43. The number of nitrogens with one attached hydrogen (secondary N) is 1. The Labute approximate surface area is 118 Å². The number of nitrogens with zero attached hydrogens (tertiary/aromatic N) is 3. The van der Waals surface area contributed by atoms with Gasteiger partial charge in [0.15, 0.2) is 5.82 Å². The highest BCUT2D eigenvalue weighted by Crippen LogP contribution is 2.29. The molecular weight excluding hydrogens is 256 g/mol. The Bertz CT molecular complexity index is 544. The largest absolute Gasteiger partial charge is 0.391 e. The van der Waals surface area contributed by atoms with Crippen molar-refractivity contribution in [2.75, 3.05) is 11.9 Å². The Balaban J connectivity index is 1.73. The van der Waals surface area contributed by atoms with Gasteiger partial charge in [0.2, 0.25) is 0 Å². The Morgan fingerprint density at radius 2 is 2.25 bits per heavy atom. The Hall–Kier alpha value is -1.69. The summed E-state index contributed by atoms with van der Waals surface area (Å²) in [5, 5.41) is 20.9. The Morgan fingerprint density at radius 3 is 2.95 bits per heavy atom. The number of amides is 2. The second-order valence-electron chi connectivity index (χ2n) is 6.09. The van der Waals surface area contributed by atoms with Crippen molar-refractivity contribution in [2.24, 2.45) is 0 Å². The Morgan fingerprint density at radius 1 is 1.45 bits per heavy atom. The number of carbonyl (C=O) groups is 1. The summed E-state index contributed by atoms with van der Waals surface area (Å²) in [7, 11) is 0. The van der Waals surface area contributed by atoms with Crippen LogP contribution in [0.15, 0.2) is 6.07 Å². The van der Waals surface area contributed by atoms with Gasteiger partial charge < -0.3 is 10.0 Å². The quantitative estimate of drug-likeness (QED) is 0.811. The number of aryl methyl sites for hydroxylation is 2. The van der Waals surface area contributed by atoms with Crippen LogP contribution in [0, 0.1) is 0 Å². The number of anilines is 1. The summed E-state index contributed by atoms with van der Waals surface area (Å²) in [6.07, 6.45) is 3.20. The van der Waals surface area contributed by atoms with Gasteiger partial charge in [0.25, 0.3) is 0 Å². The molecule has 0 radical (unpaired) electrons. The van der Waals surface area contributed by atoms with Crippen LogP contribution in [0.2, 0.25) is 0 Å². The third-order valence-electron chi connectivity index (χ3n) is 4.44. The van der Waals surface area contributed by atoms with Crippen LogP contribution in [0.25, 0.3) is 0 Å². The molecule has 1 unspecified atom stereocenters. The predicted molar refractivity (Wildman–Crippen MR) is 74.5 cm³/mol. The second kappa shape index (κ2) is 4.70. The molecule has 2 amide bonds. The maximum atomic E-state index is 12.3. The fourth-order valence-corrected chi connectivity index (χ4v) is 3.00. The van der Waals surface area contributed by atoms with E-state index in [-0.39, 0.29) is 6.03 Å². The lowest BCUT2D eigenvalue weighted by Crippen LogP contribution is -2.49. The molecule has 1 aromatic rings. The van der Waals surface area contributed by atoms with Crippen molar-refractivity contribution in [3.8, 4) is 0 Å². The molecule has 20 heavy (non-hydrogen) atoms. The second-order valence-corrected chi connectivity index (χ2v) is 6.09. The van der Waals surface area contributed by atoms with Crippen LogP contribution in [0.4, 0.5) is 10.6 Å². The van der Waals surface area contributed by atoms with Crippen molar-refractivity contribution in [2.45, 2.75) is 51.2 Å². The van der Waals surface area contributed by atoms with E-state index < -0.39 is 11.6 Å². The first-order valence-electron chi connectivity index (χ1n) is 7.10. The fraction of sp³-hybridized carbons (Fsp3) is 0.643. The fourth-order valence-electron chi connectivity index (χ4n) is 3.00. The maximum absolute atomic E-state index is 12.3. The summed E-state index contributed by atoms with van der Waals surface area (Å²) in [5.41, 5.74) is 1.67. The smallest absolute Gasteiger partial charge is 0.323 e. The van der Waals surface area contributed by atoms with Crippen LogP contribution < -0.4 is 5.32 Å². The lowest BCUT2D eigenvalue weighted by atomic mass is 9.99. The number of aliphatic hydroxyl groups excluding tert-OH is 1. The number of hydrogen-bond acceptors (Lipinski definition) is 4. The zero-order valence-electron chi connectivity index (χ0n) is 11.9. The number of carbonyl (C=O) groups excluding carboxylic acids is 1. The zero-order valence-corrected chi connectivity index (χ0v) is 11.9. The molecule has 0 spiro atoms. The van der Waals surface area contributed by atoms with Crippen molar-refractivity contribution in [3.63, 3.8) is 0 Å². The molecule has 0 saturated carbocycles. The van der Waals surface area contributed by atoms with Gasteiger partial charge in [-0.3, -0.25) is 5.32 Å². The molecule has 1 aliphatic heterocycles. The van der Waals surface area contributed by atoms with Crippen molar-refractivity contribution >= 4 is 11.8 Å². The number of likely N-dealkylation sites (tertiary alicyclic amines) is 1. The highest BCUT2D eigenvalue weighted by atomic mass is 16.3. The number of fused-ring (bicyclic) bond motifs is 1. The lowest BCUT2D eigenvalue weighted by Gasteiger charge is -2.33. The molecular formula is C14H20N4O2. The topological polar surface area (TPSA) is 78.4 Å². The lowest BCUT2D eigenvalue weighted by molar-refractivity contribution is 0.0732. The van der Waals surface area contributed by atoms with E-state index in [1.54, 1.807) is 4.90 Å². The molecule has 108 valence electrons. The van der Waals surface area contributed by atoms with Crippen LogP contribution in [0.3, 0.4) is 0 Å². The molecule has 2 N–H and O–H groups in total. The van der Waals surface area contributed by atoms with Crippen LogP contribution in [-0.2, 0) is 12.8 Å². The van der Waals surface area contributed by atoms with E-state index in [1.165, 1.54) is 5.56 Å². The van der Waals surface area contributed by atoms with E-state index >= 15 is 0 Å². The summed E-state index contributed by atoms with van der Waals surface area (Å²) in [6.45, 7) is 4.30. The van der Waals surface area contributed by atoms with Crippen molar-refractivity contribution in [1.29, 1.82) is 0 Å². The van der Waals surface area contributed by atoms with Crippen molar-refractivity contribution in [3.05, 3.63) is 17.3 Å². The SMILES string of the molecule is CC1(C)C(O)CCN1C(=O)Nc1cc2c(nn1)CCC2. The molecule has 2 aliphatic rings. The van der Waals surface area contributed by atoms with Gasteiger partial charge in [-0.15, -0.1) is 5.10 Å². The van der Waals surface area contributed by atoms with Gasteiger partial charge in [-0.2, -0.15) is 5.10 Å². The number of aromatic nitrogens is 2. The zero-order chi connectivity index (χ0) is 14.3. The minimum atomic E-state index is -0.547. The van der Waals surface area contributed by atoms with E-state index in [0.29, 0.717) is 18.8 Å². The van der Waals surface area contributed by atoms with Gasteiger partial charge in [-0.25, -0.2) is 4.79 Å². The molecule has 6 heteroatoms. The molecule has 1 saturated heterocycles. The normalized spacial score (nSPS) is 23.8. The molecule has 3 rings (SSSR count). The summed E-state index contributed by atoms with van der Waals surface area (Å²) in [6, 6.07) is 1.69. The van der Waals surface area contributed by atoms with E-state index in [2.05, 4.69) is 15.5 Å². The first kappa shape index (κ1) is 13.3. The van der Waals surface area contributed by atoms with E-state index in [4.69, 9.17) is 0 Å². The van der Waals surface area contributed by atoms with Crippen molar-refractivity contribution in [1.82, 2.24) is 15.1 Å². The van der Waals surface area contributed by atoms with Gasteiger partial charge in [0, 0.05) is 6.54 Å². The van der Waals surface area contributed by atoms with Gasteiger partial charge in [-0.1, -0.05) is 0 Å². The third-order valence-corrected chi connectivity index (χ3v) is 4.44. The predicted octanol–water partition coefficient (Wildman–Crippen LogP) is 1.34. The Kier molecular flexibility index (Phi) is 3.12. The number of hydrogen-bond donors (Lipinski definition) is 2. The first-order valence-corrected chi connectivity index (χ1v) is 7.10. The third kappa shape index (κ3) is 2.14. The molecule has 2 heterocycles. The monoisotopic (exact) mass is 276 g/mol. The van der Waals surface area contributed by atoms with Crippen LogP contribution in [0.5, 0.6) is 0 Å². The number of aliphatic hydroxyl groups is 1. The summed E-state index contributed by atoms with van der Waals surface area (Å²) in [4.78, 5) is 14.0. The molecule has 6 nitrogen and oxygen atoms in total. The van der Waals surface area contributed by atoms with Crippen LogP contribution in [0.1, 0.15) is 37.9 Å². The summed E-state index contributed by atoms with van der Waals surface area (Å²) in [5.74, 6) is 0.493. The summed E-state index contributed by atoms with van der Waals surface area (Å²) < 4.78 is 0. The first-order chi connectivity index (χ1) is 9.48. The van der Waals surface area contributed by atoms with Crippen LogP contribution >= 0.6 is 0 Å². The van der Waals surface area contributed by atoms with Gasteiger partial charge in [-0.05, 0) is 51.2 Å². The summed E-state index contributed by atoms with van der Waals surface area (Å²) >= 11 is 0. The van der Waals surface area contributed by atoms with Gasteiger partial charge in [0.05, 0.1) is 17.3 Å². The van der Waals surface area contributed by atoms with E-state index in [0.717, 1.165) is 25.0 Å². The molecule has 1 atom stereocenters. The standard InChI is InChI=1S/C14H20N4O2/c1-14(2)11(19)6-7-18(14)13(20)15-12-8-9-4-3-5-10(9)16-17-12/h8,11,19H,3-7H2,1-2H3,(H,15,17,20). The molecule has 0 aromatic carbocycles. The average molecular weight is 276 g/mol.